The first-order valence-electron chi connectivity index (χ1n) is 7.57. The zero-order chi connectivity index (χ0) is 15.8. The van der Waals surface area contributed by atoms with E-state index in [1.807, 2.05) is 6.92 Å². The summed E-state index contributed by atoms with van der Waals surface area (Å²) in [7, 11) is -3.20. The highest BCUT2D eigenvalue weighted by atomic mass is 32.2. The zero-order valence-electron chi connectivity index (χ0n) is 13.4. The average molecular weight is 313 g/mol. The first-order chi connectivity index (χ1) is 9.65. The van der Waals surface area contributed by atoms with Gasteiger partial charge in [-0.25, -0.2) is 13.1 Å². The van der Waals surface area contributed by atoms with Crippen molar-refractivity contribution < 1.29 is 8.42 Å². The van der Waals surface area contributed by atoms with E-state index in [4.69, 9.17) is 5.73 Å². The number of nitrogens with zero attached hydrogens (tertiary/aromatic N) is 1. The first-order valence-corrected chi connectivity index (χ1v) is 9.22. The Labute approximate surface area is 128 Å². The van der Waals surface area contributed by atoms with E-state index in [0.717, 1.165) is 18.5 Å². The smallest absolute Gasteiger partial charge is 0.213 e. The number of hydrogen-bond acceptors (Lipinski definition) is 3. The number of fused-ring (bicyclic) bond motifs is 1. The normalized spacial score (nSPS) is 21.3. The second-order valence-electron chi connectivity index (χ2n) is 6.81. The predicted octanol–water partition coefficient (Wildman–Crippen LogP) is 1.71. The highest BCUT2D eigenvalue weighted by molar-refractivity contribution is 7.89. The number of hydrogen-bond donors (Lipinski definition) is 2. The summed E-state index contributed by atoms with van der Waals surface area (Å²) in [6.07, 6.45) is 1.92. The number of aromatic nitrogens is 1. The molecule has 1 aliphatic carbocycles. The fraction of sp³-hybridized carbons (Fsp3) is 0.733. The van der Waals surface area contributed by atoms with Crippen molar-refractivity contribution in [2.45, 2.75) is 53.1 Å². The maximum absolute atomic E-state index is 11.8. The van der Waals surface area contributed by atoms with Crippen molar-refractivity contribution in [3.8, 4) is 0 Å². The Morgan fingerprint density at radius 3 is 2.76 bits per heavy atom. The largest absolute Gasteiger partial charge is 0.347 e. The minimum absolute atomic E-state index is 0.0501. The highest BCUT2D eigenvalue weighted by Crippen LogP contribution is 2.40. The van der Waals surface area contributed by atoms with Crippen LogP contribution in [0.2, 0.25) is 0 Å². The molecule has 1 aliphatic rings. The molecule has 0 saturated carbocycles. The van der Waals surface area contributed by atoms with Crippen molar-refractivity contribution in [1.29, 1.82) is 0 Å². The summed E-state index contributed by atoms with van der Waals surface area (Å²) in [6.45, 7) is 9.18. The van der Waals surface area contributed by atoms with E-state index in [0.29, 0.717) is 13.1 Å². The highest BCUT2D eigenvalue weighted by Gasteiger charge is 2.33. The van der Waals surface area contributed by atoms with E-state index in [-0.39, 0.29) is 17.2 Å². The van der Waals surface area contributed by atoms with Crippen molar-refractivity contribution >= 4 is 10.0 Å². The second-order valence-corrected chi connectivity index (χ2v) is 8.73. The van der Waals surface area contributed by atoms with Crippen LogP contribution in [0, 0.1) is 12.3 Å². The third-order valence-corrected chi connectivity index (χ3v) is 5.66. The molecule has 120 valence electrons. The SMILES string of the molecule is CCNS(=O)(=O)CCn1c(C)cc2c1CC(C)(C)CC2N. The van der Waals surface area contributed by atoms with Gasteiger partial charge in [0.15, 0.2) is 0 Å². The Hall–Kier alpha value is -0.850. The van der Waals surface area contributed by atoms with Gasteiger partial charge in [-0.1, -0.05) is 20.8 Å². The Morgan fingerprint density at radius 2 is 2.14 bits per heavy atom. The van der Waals surface area contributed by atoms with Crippen LogP contribution in [-0.4, -0.2) is 25.3 Å². The molecule has 2 rings (SSSR count). The lowest BCUT2D eigenvalue weighted by molar-refractivity contribution is 0.275. The topological polar surface area (TPSA) is 77.1 Å². The molecule has 0 bridgehead atoms. The van der Waals surface area contributed by atoms with Gasteiger partial charge in [0.1, 0.15) is 0 Å². The van der Waals surface area contributed by atoms with Gasteiger partial charge in [0, 0.05) is 30.5 Å². The maximum atomic E-state index is 11.8. The average Bonchev–Trinajstić information content (AvgIpc) is 2.62. The standard InChI is InChI=1S/C15H27N3O2S/c1-5-17-21(19,20)7-6-18-11(2)8-12-13(16)9-15(3,4)10-14(12)18/h8,13,17H,5-7,9-10,16H2,1-4H3. The summed E-state index contributed by atoms with van der Waals surface area (Å²) in [5.74, 6) is 0.110. The van der Waals surface area contributed by atoms with Crippen LogP contribution in [0.4, 0.5) is 0 Å². The lowest BCUT2D eigenvalue weighted by Gasteiger charge is -2.34. The Morgan fingerprint density at radius 1 is 1.48 bits per heavy atom. The predicted molar refractivity (Wildman–Crippen MR) is 85.7 cm³/mol. The lowest BCUT2D eigenvalue weighted by Crippen LogP contribution is -2.32. The Bertz CT molecular complexity index is 617. The maximum Gasteiger partial charge on any atom is 0.213 e. The van der Waals surface area contributed by atoms with E-state index in [1.165, 1.54) is 11.3 Å². The molecule has 1 unspecified atom stereocenters. The van der Waals surface area contributed by atoms with Gasteiger partial charge in [0.05, 0.1) is 5.75 Å². The zero-order valence-corrected chi connectivity index (χ0v) is 14.3. The number of nitrogens with one attached hydrogen (secondary N) is 1. The van der Waals surface area contributed by atoms with Gasteiger partial charge in [0.25, 0.3) is 0 Å². The summed E-state index contributed by atoms with van der Waals surface area (Å²) in [4.78, 5) is 0. The van der Waals surface area contributed by atoms with Crippen LogP contribution in [0.25, 0.3) is 0 Å². The minimum atomic E-state index is -3.20. The van der Waals surface area contributed by atoms with Crippen LogP contribution in [0.3, 0.4) is 0 Å². The van der Waals surface area contributed by atoms with Crippen molar-refractivity contribution in [2.24, 2.45) is 11.1 Å². The molecule has 1 heterocycles. The van der Waals surface area contributed by atoms with Gasteiger partial charge in [-0.15, -0.1) is 0 Å². The fourth-order valence-corrected chi connectivity index (χ4v) is 4.33. The van der Waals surface area contributed by atoms with Crippen LogP contribution in [0.1, 0.15) is 50.2 Å². The van der Waals surface area contributed by atoms with E-state index in [2.05, 4.69) is 29.2 Å². The summed E-state index contributed by atoms with van der Waals surface area (Å²) in [5, 5.41) is 0. The summed E-state index contributed by atoms with van der Waals surface area (Å²) < 4.78 is 28.4. The summed E-state index contributed by atoms with van der Waals surface area (Å²) in [6, 6.07) is 2.17. The molecule has 1 aromatic heterocycles. The quantitative estimate of drug-likeness (QED) is 0.868. The van der Waals surface area contributed by atoms with Gasteiger partial charge in [-0.3, -0.25) is 0 Å². The summed E-state index contributed by atoms with van der Waals surface area (Å²) >= 11 is 0. The molecule has 0 fully saturated rings. The molecule has 6 heteroatoms. The molecular weight excluding hydrogens is 286 g/mol. The van der Waals surface area contributed by atoms with Crippen LogP contribution in [0.5, 0.6) is 0 Å². The van der Waals surface area contributed by atoms with Gasteiger partial charge in [-0.05, 0) is 36.8 Å². The molecule has 1 atom stereocenters. The third kappa shape index (κ3) is 3.67. The molecule has 0 spiro atoms. The molecular formula is C15H27N3O2S. The van der Waals surface area contributed by atoms with E-state index >= 15 is 0 Å². The van der Waals surface area contributed by atoms with Crippen LogP contribution in [0.15, 0.2) is 6.07 Å². The number of nitrogens with two attached hydrogens (primary N) is 1. The van der Waals surface area contributed by atoms with Crippen molar-refractivity contribution in [3.05, 3.63) is 23.0 Å². The van der Waals surface area contributed by atoms with Gasteiger partial charge >= 0.3 is 0 Å². The van der Waals surface area contributed by atoms with Crippen molar-refractivity contribution in [3.63, 3.8) is 0 Å². The van der Waals surface area contributed by atoms with Gasteiger partial charge < -0.3 is 10.3 Å². The molecule has 1 aromatic rings. The van der Waals surface area contributed by atoms with E-state index in [1.54, 1.807) is 6.92 Å². The molecule has 0 radical (unpaired) electrons. The minimum Gasteiger partial charge on any atom is -0.347 e. The summed E-state index contributed by atoms with van der Waals surface area (Å²) in [5.41, 5.74) is 9.95. The molecule has 0 aromatic carbocycles. The monoisotopic (exact) mass is 313 g/mol. The van der Waals surface area contributed by atoms with Crippen LogP contribution in [-0.2, 0) is 23.0 Å². The number of aryl methyl sites for hydroxylation is 1. The van der Waals surface area contributed by atoms with Gasteiger partial charge in [0.2, 0.25) is 10.0 Å². The number of rotatable bonds is 5. The number of sulfonamides is 1. The lowest BCUT2D eigenvalue weighted by atomic mass is 9.74. The molecule has 5 nitrogen and oxygen atoms in total. The second kappa shape index (κ2) is 5.74. The van der Waals surface area contributed by atoms with Gasteiger partial charge in [-0.2, -0.15) is 0 Å². The van der Waals surface area contributed by atoms with Crippen molar-refractivity contribution in [1.82, 2.24) is 9.29 Å². The molecule has 0 amide bonds. The Balaban J connectivity index is 2.26. The molecule has 0 aliphatic heterocycles. The van der Waals surface area contributed by atoms with Crippen LogP contribution >= 0.6 is 0 Å². The third-order valence-electron chi connectivity index (χ3n) is 4.22. The Kier molecular flexibility index (Phi) is 4.52. The molecule has 3 N–H and O–H groups in total. The molecule has 0 saturated heterocycles. The molecule has 21 heavy (non-hydrogen) atoms. The fourth-order valence-electron chi connectivity index (χ4n) is 3.32. The first kappa shape index (κ1) is 16.5. The van der Waals surface area contributed by atoms with Crippen molar-refractivity contribution in [2.75, 3.05) is 12.3 Å². The van der Waals surface area contributed by atoms with Crippen LogP contribution < -0.4 is 10.5 Å². The van der Waals surface area contributed by atoms with E-state index in [9.17, 15) is 8.42 Å². The van der Waals surface area contributed by atoms with E-state index < -0.39 is 10.0 Å².